The van der Waals surface area contributed by atoms with Crippen LogP contribution in [0.5, 0.6) is 0 Å². The molecule has 0 aliphatic rings. The first kappa shape index (κ1) is 11.4. The van der Waals surface area contributed by atoms with Gasteiger partial charge in [0.2, 0.25) is 0 Å². The van der Waals surface area contributed by atoms with Crippen LogP contribution in [-0.2, 0) is 9.59 Å². The number of hydrogen-bond donors (Lipinski definition) is 3. The second-order valence-corrected chi connectivity index (χ2v) is 2.94. The number of rotatable bonds is 1. The van der Waals surface area contributed by atoms with Gasteiger partial charge in [0, 0.05) is 0 Å². The molecular formula is C8H7ClFN3O2. The number of hydrazine groups is 1. The topological polar surface area (TPSA) is 84.2 Å². The van der Waals surface area contributed by atoms with Gasteiger partial charge in [-0.15, -0.1) is 0 Å². The fourth-order valence-corrected chi connectivity index (χ4v) is 1.02. The highest BCUT2D eigenvalue weighted by Gasteiger charge is 2.14. The van der Waals surface area contributed by atoms with Crippen molar-refractivity contribution in [1.82, 2.24) is 5.43 Å². The molecule has 0 aromatic heterocycles. The highest BCUT2D eigenvalue weighted by molar-refractivity contribution is 6.39. The molecule has 0 atom stereocenters. The summed E-state index contributed by atoms with van der Waals surface area (Å²) in [4.78, 5) is 21.7. The van der Waals surface area contributed by atoms with E-state index >= 15 is 0 Å². The highest BCUT2D eigenvalue weighted by Crippen LogP contribution is 2.21. The van der Waals surface area contributed by atoms with Crippen LogP contribution in [-0.4, -0.2) is 11.8 Å². The Kier molecular flexibility index (Phi) is 3.59. The van der Waals surface area contributed by atoms with Crippen molar-refractivity contribution in [2.75, 3.05) is 5.32 Å². The van der Waals surface area contributed by atoms with Crippen LogP contribution in [0.2, 0.25) is 5.02 Å². The van der Waals surface area contributed by atoms with Gasteiger partial charge in [-0.25, -0.2) is 10.2 Å². The lowest BCUT2D eigenvalue weighted by molar-refractivity contribution is -0.136. The Morgan fingerprint density at radius 2 is 2.00 bits per heavy atom. The zero-order chi connectivity index (χ0) is 11.4. The minimum atomic E-state index is -1.07. The van der Waals surface area contributed by atoms with Gasteiger partial charge >= 0.3 is 11.8 Å². The van der Waals surface area contributed by atoms with Crippen molar-refractivity contribution in [3.8, 4) is 0 Å². The van der Waals surface area contributed by atoms with Crippen LogP contribution in [0.25, 0.3) is 0 Å². The normalized spacial score (nSPS) is 9.53. The minimum Gasteiger partial charge on any atom is -0.315 e. The van der Waals surface area contributed by atoms with E-state index in [0.717, 1.165) is 0 Å². The third kappa shape index (κ3) is 2.64. The standard InChI is InChI=1S/C8H7ClFN3O2/c9-4-2-1-3-5(6(4)10)12-7(14)8(15)13-11/h1-3H,11H2,(H,12,14)(H,13,15). The number of carbonyl (C=O) groups excluding carboxylic acids is 2. The lowest BCUT2D eigenvalue weighted by atomic mass is 10.3. The quantitative estimate of drug-likeness (QED) is 0.283. The molecular weight excluding hydrogens is 225 g/mol. The second kappa shape index (κ2) is 4.72. The number of amides is 2. The first-order valence-corrected chi connectivity index (χ1v) is 4.20. The molecule has 0 radical (unpaired) electrons. The van der Waals surface area contributed by atoms with E-state index < -0.39 is 17.6 Å². The molecule has 1 aromatic rings. The van der Waals surface area contributed by atoms with E-state index in [0.29, 0.717) is 0 Å². The molecule has 0 unspecified atom stereocenters. The third-order valence-electron chi connectivity index (χ3n) is 1.54. The first-order valence-electron chi connectivity index (χ1n) is 3.82. The molecule has 0 saturated carbocycles. The van der Waals surface area contributed by atoms with Crippen molar-refractivity contribution in [2.24, 2.45) is 5.84 Å². The van der Waals surface area contributed by atoms with E-state index in [1.165, 1.54) is 18.2 Å². The van der Waals surface area contributed by atoms with Gasteiger partial charge in [-0.1, -0.05) is 17.7 Å². The molecule has 1 aromatic carbocycles. The average molecular weight is 232 g/mol. The van der Waals surface area contributed by atoms with Crippen molar-refractivity contribution in [3.05, 3.63) is 29.0 Å². The van der Waals surface area contributed by atoms with Crippen molar-refractivity contribution in [2.45, 2.75) is 0 Å². The Balaban J connectivity index is 2.86. The molecule has 5 nitrogen and oxygen atoms in total. The maximum atomic E-state index is 13.2. The van der Waals surface area contributed by atoms with Crippen LogP contribution in [0.4, 0.5) is 10.1 Å². The Hall–Kier alpha value is -1.66. The van der Waals surface area contributed by atoms with Gasteiger partial charge < -0.3 is 5.32 Å². The number of halogens is 2. The lowest BCUT2D eigenvalue weighted by Crippen LogP contribution is -2.39. The van der Waals surface area contributed by atoms with E-state index in [2.05, 4.69) is 0 Å². The monoisotopic (exact) mass is 231 g/mol. The Morgan fingerprint density at radius 1 is 1.33 bits per heavy atom. The summed E-state index contributed by atoms with van der Waals surface area (Å²) >= 11 is 5.46. The van der Waals surface area contributed by atoms with Crippen molar-refractivity contribution in [1.29, 1.82) is 0 Å². The Morgan fingerprint density at radius 3 is 2.60 bits per heavy atom. The molecule has 80 valence electrons. The first-order chi connectivity index (χ1) is 7.06. The molecule has 0 fully saturated rings. The predicted octanol–water partition coefficient (Wildman–Crippen LogP) is 0.408. The van der Waals surface area contributed by atoms with E-state index in [1.807, 2.05) is 5.32 Å². The number of anilines is 1. The molecule has 2 amide bonds. The summed E-state index contributed by atoms with van der Waals surface area (Å²) in [6.07, 6.45) is 0. The summed E-state index contributed by atoms with van der Waals surface area (Å²) < 4.78 is 13.2. The van der Waals surface area contributed by atoms with Crippen LogP contribution in [0.3, 0.4) is 0 Å². The zero-order valence-corrected chi connectivity index (χ0v) is 8.14. The number of hydrogen-bond acceptors (Lipinski definition) is 3. The summed E-state index contributed by atoms with van der Waals surface area (Å²) in [7, 11) is 0. The second-order valence-electron chi connectivity index (χ2n) is 2.53. The van der Waals surface area contributed by atoms with Crippen LogP contribution >= 0.6 is 11.6 Å². The SMILES string of the molecule is NNC(=O)C(=O)Nc1cccc(Cl)c1F. The number of benzene rings is 1. The summed E-state index contributed by atoms with van der Waals surface area (Å²) in [5.74, 6) is 1.76. The molecule has 0 heterocycles. The van der Waals surface area contributed by atoms with Gasteiger partial charge in [0.05, 0.1) is 10.7 Å². The van der Waals surface area contributed by atoms with E-state index in [-0.39, 0.29) is 10.7 Å². The largest absolute Gasteiger partial charge is 0.323 e. The van der Waals surface area contributed by atoms with Gasteiger partial charge in [-0.2, -0.15) is 0 Å². The zero-order valence-electron chi connectivity index (χ0n) is 7.38. The van der Waals surface area contributed by atoms with Gasteiger partial charge in [0.1, 0.15) is 0 Å². The predicted molar refractivity (Wildman–Crippen MR) is 52.4 cm³/mol. The van der Waals surface area contributed by atoms with Crippen LogP contribution < -0.4 is 16.6 Å². The molecule has 4 N–H and O–H groups in total. The number of carbonyl (C=O) groups is 2. The molecule has 1 rings (SSSR count). The Labute approximate surface area is 89.4 Å². The van der Waals surface area contributed by atoms with Gasteiger partial charge in [-0.05, 0) is 12.1 Å². The highest BCUT2D eigenvalue weighted by atomic mass is 35.5. The molecule has 15 heavy (non-hydrogen) atoms. The lowest BCUT2D eigenvalue weighted by Gasteiger charge is -2.05. The number of nitrogens with two attached hydrogens (primary N) is 1. The van der Waals surface area contributed by atoms with E-state index in [9.17, 15) is 14.0 Å². The van der Waals surface area contributed by atoms with Crippen molar-refractivity contribution in [3.63, 3.8) is 0 Å². The Bertz CT molecular complexity index is 411. The molecule has 0 saturated heterocycles. The van der Waals surface area contributed by atoms with E-state index in [4.69, 9.17) is 17.4 Å². The maximum absolute atomic E-state index is 13.2. The van der Waals surface area contributed by atoms with Gasteiger partial charge in [0.15, 0.2) is 5.82 Å². The third-order valence-corrected chi connectivity index (χ3v) is 1.83. The van der Waals surface area contributed by atoms with Crippen LogP contribution in [0, 0.1) is 5.82 Å². The smallest absolute Gasteiger partial charge is 0.315 e. The maximum Gasteiger partial charge on any atom is 0.323 e. The fraction of sp³-hybridized carbons (Fsp3) is 0. The summed E-state index contributed by atoms with van der Waals surface area (Å²) in [6, 6.07) is 4.01. The average Bonchev–Trinajstić information content (AvgIpc) is 2.23. The van der Waals surface area contributed by atoms with E-state index in [1.54, 1.807) is 5.43 Å². The van der Waals surface area contributed by atoms with Crippen LogP contribution in [0.1, 0.15) is 0 Å². The minimum absolute atomic E-state index is 0.152. The molecule has 0 bridgehead atoms. The molecule has 0 aliphatic carbocycles. The van der Waals surface area contributed by atoms with Gasteiger partial charge in [-0.3, -0.25) is 15.0 Å². The van der Waals surface area contributed by atoms with Gasteiger partial charge in [0.25, 0.3) is 0 Å². The van der Waals surface area contributed by atoms with Crippen LogP contribution in [0.15, 0.2) is 18.2 Å². The summed E-state index contributed by atoms with van der Waals surface area (Å²) in [6.45, 7) is 0. The summed E-state index contributed by atoms with van der Waals surface area (Å²) in [5.41, 5.74) is 1.43. The fourth-order valence-electron chi connectivity index (χ4n) is 0.845. The molecule has 0 spiro atoms. The molecule has 0 aliphatic heterocycles. The summed E-state index contributed by atoms with van der Waals surface area (Å²) in [5, 5.41) is 1.86. The van der Waals surface area contributed by atoms with Crippen molar-refractivity contribution >= 4 is 29.1 Å². The number of nitrogens with one attached hydrogen (secondary N) is 2. The molecule has 7 heteroatoms. The van der Waals surface area contributed by atoms with Crippen molar-refractivity contribution < 1.29 is 14.0 Å².